The topological polar surface area (TPSA) is 110 Å². The summed E-state index contributed by atoms with van der Waals surface area (Å²) in [5.41, 5.74) is 3.55. The summed E-state index contributed by atoms with van der Waals surface area (Å²) in [7, 11) is 2.90. The Labute approximate surface area is 258 Å². The SMILES string of the molecule is CCOC(=O)C1=C(C)N=c2sc(=Cc3c(C)n(CC(=O)OC)c4ccccc34)c(=O)n2C1c1ccc(OC(C)C)c(OC)c1. The first-order valence-electron chi connectivity index (χ1n) is 14.3. The molecule has 0 saturated heterocycles. The van der Waals surface area contributed by atoms with Gasteiger partial charge in [-0.3, -0.25) is 14.2 Å². The molecule has 0 saturated carbocycles. The van der Waals surface area contributed by atoms with Gasteiger partial charge in [0.1, 0.15) is 6.54 Å². The minimum absolute atomic E-state index is 0.0401. The number of hydrogen-bond donors (Lipinski definition) is 0. The lowest BCUT2D eigenvalue weighted by Crippen LogP contribution is -2.40. The molecule has 2 aromatic heterocycles. The van der Waals surface area contributed by atoms with E-state index < -0.39 is 12.0 Å². The summed E-state index contributed by atoms with van der Waals surface area (Å²) in [6, 6.07) is 12.3. The Hall–Kier alpha value is -4.64. The molecule has 10 nitrogen and oxygen atoms in total. The summed E-state index contributed by atoms with van der Waals surface area (Å²) in [6.45, 7) is 9.44. The highest BCUT2D eigenvalue weighted by Gasteiger charge is 2.34. The molecule has 0 aliphatic carbocycles. The Balaban J connectivity index is 1.74. The van der Waals surface area contributed by atoms with Gasteiger partial charge in [-0.1, -0.05) is 35.6 Å². The van der Waals surface area contributed by atoms with Gasteiger partial charge in [-0.25, -0.2) is 9.79 Å². The van der Waals surface area contributed by atoms with E-state index in [1.165, 1.54) is 23.0 Å². The molecule has 5 rings (SSSR count). The van der Waals surface area contributed by atoms with Crippen LogP contribution in [0.25, 0.3) is 17.0 Å². The molecule has 1 aliphatic rings. The van der Waals surface area contributed by atoms with Crippen LogP contribution in [0.2, 0.25) is 0 Å². The number of nitrogens with zero attached hydrogens (tertiary/aromatic N) is 3. The van der Waals surface area contributed by atoms with E-state index in [9.17, 15) is 14.4 Å². The molecule has 4 aromatic rings. The molecule has 3 heterocycles. The van der Waals surface area contributed by atoms with Gasteiger partial charge in [0.05, 0.1) is 48.8 Å². The monoisotopic (exact) mass is 617 g/mol. The largest absolute Gasteiger partial charge is 0.493 e. The summed E-state index contributed by atoms with van der Waals surface area (Å²) in [4.78, 5) is 44.9. The highest BCUT2D eigenvalue weighted by molar-refractivity contribution is 7.07. The third kappa shape index (κ3) is 5.55. The first-order chi connectivity index (χ1) is 21.1. The number of carbonyl (C=O) groups is 2. The van der Waals surface area contributed by atoms with E-state index in [1.807, 2.05) is 61.7 Å². The van der Waals surface area contributed by atoms with E-state index in [0.29, 0.717) is 32.1 Å². The number of rotatable bonds is 9. The summed E-state index contributed by atoms with van der Waals surface area (Å²) in [5.74, 6) is 0.110. The molecule has 0 N–H and O–H groups in total. The number of esters is 2. The Morgan fingerprint density at radius 2 is 1.84 bits per heavy atom. The number of aromatic nitrogens is 2. The van der Waals surface area contributed by atoms with Crippen molar-refractivity contribution < 1.29 is 28.5 Å². The van der Waals surface area contributed by atoms with Gasteiger partial charge >= 0.3 is 11.9 Å². The highest BCUT2D eigenvalue weighted by atomic mass is 32.1. The van der Waals surface area contributed by atoms with Crippen molar-refractivity contribution in [1.29, 1.82) is 0 Å². The van der Waals surface area contributed by atoms with Crippen LogP contribution in [0.15, 0.2) is 63.5 Å². The number of carbonyl (C=O) groups excluding carboxylic acids is 2. The fraction of sp³-hybridized carbons (Fsp3) is 0.333. The third-order valence-corrected chi connectivity index (χ3v) is 8.44. The number of hydrogen-bond acceptors (Lipinski definition) is 9. The standard InChI is InChI=1S/C33H35N3O7S/c1-8-42-32(39)29-19(4)34-33-36(30(29)21-13-14-25(43-18(2)3)26(15-21)40-6)31(38)27(44-33)16-23-20(5)35(17-28(37)41-7)24-12-10-9-11-22(23)24/h9-16,18,30H,8,17H2,1-7H3. The number of benzene rings is 2. The van der Waals surface area contributed by atoms with Crippen LogP contribution < -0.4 is 24.4 Å². The van der Waals surface area contributed by atoms with Crippen molar-refractivity contribution in [2.45, 2.75) is 53.3 Å². The first kappa shape index (κ1) is 30.8. The number of para-hydroxylation sites is 1. The first-order valence-corrected chi connectivity index (χ1v) is 15.1. The normalized spacial score (nSPS) is 14.9. The summed E-state index contributed by atoms with van der Waals surface area (Å²) in [6.07, 6.45) is 1.75. The second kappa shape index (κ2) is 12.5. The van der Waals surface area contributed by atoms with Crippen LogP contribution in [0.3, 0.4) is 0 Å². The van der Waals surface area contributed by atoms with Crippen LogP contribution in [0.1, 0.15) is 50.6 Å². The molecule has 1 unspecified atom stereocenters. The van der Waals surface area contributed by atoms with E-state index in [4.69, 9.17) is 18.9 Å². The predicted octanol–water partition coefficient (Wildman–Crippen LogP) is 4.03. The zero-order chi connectivity index (χ0) is 31.7. The van der Waals surface area contributed by atoms with E-state index in [0.717, 1.165) is 22.2 Å². The number of ether oxygens (including phenoxy) is 4. The lowest BCUT2D eigenvalue weighted by molar-refractivity contribution is -0.141. The molecule has 2 aromatic carbocycles. The van der Waals surface area contributed by atoms with Gasteiger partial charge in [0.15, 0.2) is 16.3 Å². The number of methoxy groups -OCH3 is 2. The van der Waals surface area contributed by atoms with Crippen molar-refractivity contribution in [2.24, 2.45) is 4.99 Å². The van der Waals surface area contributed by atoms with Crippen molar-refractivity contribution in [3.05, 3.63) is 90.2 Å². The molecule has 1 aliphatic heterocycles. The van der Waals surface area contributed by atoms with Crippen LogP contribution in [0, 0.1) is 6.92 Å². The maximum atomic E-state index is 14.3. The molecule has 44 heavy (non-hydrogen) atoms. The Bertz CT molecular complexity index is 1980. The summed E-state index contributed by atoms with van der Waals surface area (Å²) < 4.78 is 25.7. The van der Waals surface area contributed by atoms with Crippen LogP contribution in [0.4, 0.5) is 0 Å². The fourth-order valence-corrected chi connectivity index (χ4v) is 6.51. The predicted molar refractivity (Wildman–Crippen MR) is 168 cm³/mol. The van der Waals surface area contributed by atoms with E-state index in [-0.39, 0.29) is 36.4 Å². The van der Waals surface area contributed by atoms with E-state index in [2.05, 4.69) is 4.99 Å². The highest BCUT2D eigenvalue weighted by Crippen LogP contribution is 2.36. The van der Waals surface area contributed by atoms with Crippen molar-refractivity contribution in [1.82, 2.24) is 9.13 Å². The average Bonchev–Trinajstić information content (AvgIpc) is 3.44. The quantitative estimate of drug-likeness (QED) is 0.261. The molecule has 0 spiro atoms. The van der Waals surface area contributed by atoms with Gasteiger partial charge in [-0.05, 0) is 64.5 Å². The van der Waals surface area contributed by atoms with Crippen LogP contribution in [0.5, 0.6) is 11.5 Å². The molecular weight excluding hydrogens is 582 g/mol. The van der Waals surface area contributed by atoms with E-state index in [1.54, 1.807) is 33.1 Å². The van der Waals surface area contributed by atoms with Crippen LogP contribution in [-0.4, -0.2) is 48.0 Å². The van der Waals surface area contributed by atoms with Gasteiger partial charge in [0, 0.05) is 22.2 Å². The van der Waals surface area contributed by atoms with E-state index >= 15 is 0 Å². The van der Waals surface area contributed by atoms with Crippen LogP contribution in [-0.2, 0) is 25.6 Å². The molecule has 0 radical (unpaired) electrons. The fourth-order valence-electron chi connectivity index (χ4n) is 5.48. The molecule has 1 atom stereocenters. The maximum Gasteiger partial charge on any atom is 0.338 e. The number of allylic oxidation sites excluding steroid dienone is 1. The smallest absolute Gasteiger partial charge is 0.338 e. The second-order valence-electron chi connectivity index (χ2n) is 10.6. The molecule has 0 bridgehead atoms. The second-order valence-corrected chi connectivity index (χ2v) is 11.6. The summed E-state index contributed by atoms with van der Waals surface area (Å²) in [5, 5.41) is 0.894. The van der Waals surface area contributed by atoms with Crippen molar-refractivity contribution >= 4 is 40.3 Å². The number of fused-ring (bicyclic) bond motifs is 2. The molecule has 0 amide bonds. The molecule has 0 fully saturated rings. The Morgan fingerprint density at radius 1 is 1.09 bits per heavy atom. The average molecular weight is 618 g/mol. The third-order valence-electron chi connectivity index (χ3n) is 7.45. The van der Waals surface area contributed by atoms with Gasteiger partial charge in [0.2, 0.25) is 0 Å². The maximum absolute atomic E-state index is 14.3. The van der Waals surface area contributed by atoms with Gasteiger partial charge < -0.3 is 23.5 Å². The molecule has 230 valence electrons. The van der Waals surface area contributed by atoms with Crippen molar-refractivity contribution in [2.75, 3.05) is 20.8 Å². The van der Waals surface area contributed by atoms with Gasteiger partial charge in [0.25, 0.3) is 5.56 Å². The summed E-state index contributed by atoms with van der Waals surface area (Å²) >= 11 is 1.24. The minimum Gasteiger partial charge on any atom is -0.493 e. The van der Waals surface area contributed by atoms with Crippen molar-refractivity contribution in [3.8, 4) is 11.5 Å². The van der Waals surface area contributed by atoms with Crippen LogP contribution >= 0.6 is 11.3 Å². The molecular formula is C33H35N3O7S. The van der Waals surface area contributed by atoms with Gasteiger partial charge in [-0.2, -0.15) is 0 Å². The number of thiazole rings is 1. The lowest BCUT2D eigenvalue weighted by Gasteiger charge is -2.25. The molecule has 11 heteroatoms. The van der Waals surface area contributed by atoms with Crippen molar-refractivity contribution in [3.63, 3.8) is 0 Å². The minimum atomic E-state index is -0.809. The zero-order valence-corrected chi connectivity index (χ0v) is 26.6. The Morgan fingerprint density at radius 3 is 2.52 bits per heavy atom. The zero-order valence-electron chi connectivity index (χ0n) is 25.8. The van der Waals surface area contributed by atoms with Gasteiger partial charge in [-0.15, -0.1) is 0 Å². The Kier molecular flexibility index (Phi) is 8.78. The lowest BCUT2D eigenvalue weighted by atomic mass is 9.95.